The summed E-state index contributed by atoms with van der Waals surface area (Å²) in [6, 6.07) is 1.62. The van der Waals surface area contributed by atoms with Gasteiger partial charge in [-0.15, -0.1) is 0 Å². The van der Waals surface area contributed by atoms with Crippen LogP contribution in [0, 0.1) is 11.6 Å². The van der Waals surface area contributed by atoms with Crippen LogP contribution in [0.5, 0.6) is 5.75 Å². The van der Waals surface area contributed by atoms with Crippen LogP contribution in [-0.4, -0.2) is 21.2 Å². The monoisotopic (exact) mass is 225 g/mol. The molecule has 2 rings (SSSR count). The number of carboxylic acid groups (broad SMARTS) is 1. The number of aromatic nitrogens is 1. The lowest BCUT2D eigenvalue weighted by molar-refractivity contribution is 0.0695. The first-order valence-electron chi connectivity index (χ1n) is 4.21. The minimum Gasteiger partial charge on any atom is -0.505 e. The van der Waals surface area contributed by atoms with Crippen molar-refractivity contribution in [1.29, 1.82) is 0 Å². The van der Waals surface area contributed by atoms with Crippen molar-refractivity contribution in [2.24, 2.45) is 0 Å². The van der Waals surface area contributed by atoms with Gasteiger partial charge in [0.2, 0.25) is 0 Å². The van der Waals surface area contributed by atoms with Crippen LogP contribution in [0.4, 0.5) is 8.78 Å². The van der Waals surface area contributed by atoms with Crippen LogP contribution < -0.4 is 0 Å². The summed E-state index contributed by atoms with van der Waals surface area (Å²) in [4.78, 5) is 14.3. The Morgan fingerprint density at radius 3 is 2.50 bits per heavy atom. The van der Waals surface area contributed by atoms with Crippen molar-refractivity contribution in [2.75, 3.05) is 0 Å². The number of nitrogens with zero attached hydrogens (tertiary/aromatic N) is 1. The number of rotatable bonds is 1. The Hall–Kier alpha value is -2.24. The topological polar surface area (TPSA) is 70.4 Å². The summed E-state index contributed by atoms with van der Waals surface area (Å²) < 4.78 is 26.6. The molecular formula is C10H5F2NO3. The molecule has 2 aromatic rings. The first-order valence-corrected chi connectivity index (χ1v) is 4.21. The summed E-state index contributed by atoms with van der Waals surface area (Å²) in [5, 5.41) is 17.5. The lowest BCUT2D eigenvalue weighted by Gasteiger charge is -2.05. The maximum atomic E-state index is 13.4. The highest BCUT2D eigenvalue weighted by Gasteiger charge is 2.20. The highest BCUT2D eigenvalue weighted by Crippen LogP contribution is 2.28. The van der Waals surface area contributed by atoms with Gasteiger partial charge in [0.1, 0.15) is 28.5 Å². The molecule has 0 spiro atoms. The Balaban J connectivity index is 3.02. The average molecular weight is 225 g/mol. The van der Waals surface area contributed by atoms with Crippen molar-refractivity contribution in [3.05, 3.63) is 35.5 Å². The van der Waals surface area contributed by atoms with Gasteiger partial charge in [-0.25, -0.2) is 18.6 Å². The van der Waals surface area contributed by atoms with Gasteiger partial charge in [-0.1, -0.05) is 0 Å². The molecule has 0 aliphatic carbocycles. The molecule has 1 aromatic carbocycles. The zero-order valence-corrected chi connectivity index (χ0v) is 7.74. The second-order valence-electron chi connectivity index (χ2n) is 3.08. The minimum atomic E-state index is -1.55. The fourth-order valence-electron chi connectivity index (χ4n) is 1.44. The molecule has 0 saturated heterocycles. The van der Waals surface area contributed by atoms with Crippen LogP contribution in [0.15, 0.2) is 18.3 Å². The zero-order chi connectivity index (χ0) is 11.9. The predicted molar refractivity (Wildman–Crippen MR) is 50.3 cm³/mol. The summed E-state index contributed by atoms with van der Waals surface area (Å²) in [7, 11) is 0. The second-order valence-corrected chi connectivity index (χ2v) is 3.08. The van der Waals surface area contributed by atoms with Gasteiger partial charge in [0.15, 0.2) is 0 Å². The van der Waals surface area contributed by atoms with Gasteiger partial charge in [0.25, 0.3) is 0 Å². The number of aromatic hydroxyl groups is 1. The highest BCUT2D eigenvalue weighted by molar-refractivity contribution is 6.05. The first kappa shape index (κ1) is 10.3. The predicted octanol–water partition coefficient (Wildman–Crippen LogP) is 1.92. The fraction of sp³-hybridized carbons (Fsp3) is 0. The Morgan fingerprint density at radius 1 is 1.25 bits per heavy atom. The largest absolute Gasteiger partial charge is 0.505 e. The van der Waals surface area contributed by atoms with Crippen LogP contribution in [0.25, 0.3) is 10.9 Å². The van der Waals surface area contributed by atoms with E-state index in [0.29, 0.717) is 0 Å². The van der Waals surface area contributed by atoms with Gasteiger partial charge in [0.05, 0.1) is 11.6 Å². The number of pyridine rings is 1. The van der Waals surface area contributed by atoms with Crippen LogP contribution in [0.1, 0.15) is 10.4 Å². The number of aromatic carboxylic acids is 1. The third-order valence-electron chi connectivity index (χ3n) is 2.11. The second kappa shape index (κ2) is 3.41. The van der Waals surface area contributed by atoms with Crippen molar-refractivity contribution in [2.45, 2.75) is 0 Å². The van der Waals surface area contributed by atoms with E-state index in [1.54, 1.807) is 0 Å². The molecule has 1 heterocycles. The smallest absolute Gasteiger partial charge is 0.340 e. The molecule has 0 fully saturated rings. The average Bonchev–Trinajstić information content (AvgIpc) is 2.23. The van der Waals surface area contributed by atoms with Crippen LogP contribution >= 0.6 is 0 Å². The van der Waals surface area contributed by atoms with E-state index >= 15 is 0 Å². The van der Waals surface area contributed by atoms with Gasteiger partial charge in [-0.3, -0.25) is 0 Å². The maximum absolute atomic E-state index is 13.4. The van der Waals surface area contributed by atoms with E-state index in [-0.39, 0.29) is 0 Å². The quantitative estimate of drug-likeness (QED) is 0.777. The molecule has 0 aliphatic rings. The van der Waals surface area contributed by atoms with Crippen LogP contribution in [0.3, 0.4) is 0 Å². The van der Waals surface area contributed by atoms with E-state index in [9.17, 15) is 18.7 Å². The SMILES string of the molecule is O=C(O)c1c(O)cnc2c(F)ccc(F)c12. The fourth-order valence-corrected chi connectivity index (χ4v) is 1.44. The van der Waals surface area contributed by atoms with E-state index in [0.717, 1.165) is 18.3 Å². The first-order chi connectivity index (χ1) is 7.52. The van der Waals surface area contributed by atoms with Gasteiger partial charge in [-0.05, 0) is 12.1 Å². The standard InChI is InChI=1S/C10H5F2NO3/c11-4-1-2-5(12)9-7(4)8(10(15)16)6(14)3-13-9/h1-3,14H,(H,15,16). The number of benzene rings is 1. The summed E-state index contributed by atoms with van der Waals surface area (Å²) in [5.74, 6) is -4.05. The minimum absolute atomic E-state index is 0.421. The van der Waals surface area contributed by atoms with Gasteiger partial charge in [0, 0.05) is 0 Å². The highest BCUT2D eigenvalue weighted by atomic mass is 19.1. The number of hydrogen-bond acceptors (Lipinski definition) is 3. The molecule has 0 amide bonds. The maximum Gasteiger partial charge on any atom is 0.340 e. The van der Waals surface area contributed by atoms with E-state index < -0.39 is 39.8 Å². The molecule has 6 heteroatoms. The zero-order valence-electron chi connectivity index (χ0n) is 7.74. The number of halogens is 2. The van der Waals surface area contributed by atoms with Crippen molar-refractivity contribution < 1.29 is 23.8 Å². The van der Waals surface area contributed by atoms with E-state index in [1.165, 1.54) is 0 Å². The van der Waals surface area contributed by atoms with E-state index in [4.69, 9.17) is 5.11 Å². The molecule has 16 heavy (non-hydrogen) atoms. The Labute approximate surface area is 87.8 Å². The summed E-state index contributed by atoms with van der Waals surface area (Å²) >= 11 is 0. The molecule has 4 nitrogen and oxygen atoms in total. The van der Waals surface area contributed by atoms with Gasteiger partial charge in [-0.2, -0.15) is 0 Å². The third kappa shape index (κ3) is 1.35. The Morgan fingerprint density at radius 2 is 1.88 bits per heavy atom. The Bertz CT molecular complexity index is 598. The number of fused-ring (bicyclic) bond motifs is 1. The molecule has 0 bridgehead atoms. The molecule has 0 radical (unpaired) electrons. The summed E-state index contributed by atoms with van der Waals surface area (Å²) in [6.07, 6.45) is 0.772. The van der Waals surface area contributed by atoms with Crippen molar-refractivity contribution in [1.82, 2.24) is 4.98 Å². The third-order valence-corrected chi connectivity index (χ3v) is 2.11. The van der Waals surface area contributed by atoms with E-state index in [2.05, 4.69) is 4.98 Å². The van der Waals surface area contributed by atoms with E-state index in [1.807, 2.05) is 0 Å². The number of hydrogen-bond donors (Lipinski definition) is 2. The molecule has 0 aliphatic heterocycles. The van der Waals surface area contributed by atoms with Gasteiger partial charge < -0.3 is 10.2 Å². The van der Waals surface area contributed by atoms with Crippen LogP contribution in [-0.2, 0) is 0 Å². The van der Waals surface area contributed by atoms with Crippen molar-refractivity contribution >= 4 is 16.9 Å². The van der Waals surface area contributed by atoms with Crippen LogP contribution in [0.2, 0.25) is 0 Å². The Kier molecular flexibility index (Phi) is 2.19. The molecule has 0 unspecified atom stereocenters. The number of carboxylic acids is 1. The molecule has 0 saturated carbocycles. The summed E-state index contributed by atoms with van der Waals surface area (Å²) in [5.41, 5.74) is -1.11. The molecule has 0 atom stereocenters. The lowest BCUT2D eigenvalue weighted by Crippen LogP contribution is -2.02. The van der Waals surface area contributed by atoms with Crippen molar-refractivity contribution in [3.63, 3.8) is 0 Å². The lowest BCUT2D eigenvalue weighted by atomic mass is 10.1. The molecule has 1 aromatic heterocycles. The normalized spacial score (nSPS) is 10.6. The molecular weight excluding hydrogens is 220 g/mol. The summed E-state index contributed by atoms with van der Waals surface area (Å²) in [6.45, 7) is 0. The molecule has 2 N–H and O–H groups in total. The van der Waals surface area contributed by atoms with Gasteiger partial charge >= 0.3 is 5.97 Å². The van der Waals surface area contributed by atoms with Crippen molar-refractivity contribution in [3.8, 4) is 5.75 Å². The molecule has 82 valence electrons. The number of carbonyl (C=O) groups is 1.